The third kappa shape index (κ3) is 6.57. The second-order valence-electron chi connectivity index (χ2n) is 5.33. The molecule has 0 amide bonds. The highest BCUT2D eigenvalue weighted by atomic mass is 35.6. The van der Waals surface area contributed by atoms with E-state index < -0.39 is 7.59 Å². The molecule has 1 heterocycles. The molecule has 0 bridgehead atoms. The zero-order valence-corrected chi connectivity index (χ0v) is 20.6. The Morgan fingerprint density at radius 3 is 1.68 bits per heavy atom. The van der Waals surface area contributed by atoms with E-state index in [0.29, 0.717) is 35.4 Å². The van der Waals surface area contributed by atoms with Crippen LogP contribution in [0, 0.1) is 0 Å². The van der Waals surface area contributed by atoms with Crippen LogP contribution < -0.4 is 4.90 Å². The van der Waals surface area contributed by atoms with E-state index in [1.165, 1.54) is 0 Å². The van der Waals surface area contributed by atoms with E-state index >= 15 is 0 Å². The Balaban J connectivity index is 2.54. The number of hydrogen-bond acceptors (Lipinski definition) is 4. The van der Waals surface area contributed by atoms with E-state index in [1.54, 1.807) is 18.2 Å². The molecule has 0 aliphatic heterocycles. The van der Waals surface area contributed by atoms with Gasteiger partial charge in [0.15, 0.2) is 17.5 Å². The Labute approximate surface area is 207 Å². The van der Waals surface area contributed by atoms with Crippen LogP contribution in [0.2, 0.25) is 5.02 Å². The number of aromatic nitrogens is 3. The lowest BCUT2D eigenvalue weighted by atomic mass is 10.1. The van der Waals surface area contributed by atoms with Gasteiger partial charge >= 0.3 is 0 Å². The Morgan fingerprint density at radius 2 is 1.29 bits per heavy atom. The second-order valence-corrected chi connectivity index (χ2v) is 11.1. The average Bonchev–Trinajstić information content (AvgIpc) is 2.59. The van der Waals surface area contributed by atoms with Crippen molar-refractivity contribution in [2.45, 2.75) is 7.59 Å². The van der Waals surface area contributed by atoms with Gasteiger partial charge in [-0.3, -0.25) is 0 Å². The van der Waals surface area contributed by atoms with Crippen LogP contribution >= 0.6 is 104 Å². The monoisotopic (exact) mass is 562 g/mol. The third-order valence-electron chi connectivity index (χ3n) is 3.40. The summed E-state index contributed by atoms with van der Waals surface area (Å²) in [7, 11) is 0. The van der Waals surface area contributed by atoms with Crippen LogP contribution in [0.25, 0.3) is 11.4 Å². The summed E-state index contributed by atoms with van der Waals surface area (Å²) in [5.74, 6) is 0.598. The van der Waals surface area contributed by atoms with Crippen LogP contribution in [0.3, 0.4) is 0 Å². The van der Waals surface area contributed by atoms with Crippen LogP contribution in [0.5, 0.6) is 0 Å². The molecular formula is C15H11Cl9N4. The summed E-state index contributed by atoms with van der Waals surface area (Å²) in [6.45, 7) is 1.15. The Morgan fingerprint density at radius 1 is 0.786 bits per heavy atom. The van der Waals surface area contributed by atoms with Gasteiger partial charge in [-0.05, 0) is 18.2 Å². The number of nitrogens with zero attached hydrogens (tertiary/aromatic N) is 4. The summed E-state index contributed by atoms with van der Waals surface area (Å²) in [4.78, 5) is 14.2. The first-order chi connectivity index (χ1) is 13.0. The van der Waals surface area contributed by atoms with Crippen molar-refractivity contribution in [3.8, 4) is 11.4 Å². The third-order valence-corrected chi connectivity index (χ3v) is 5.05. The van der Waals surface area contributed by atoms with Crippen LogP contribution in [-0.2, 0) is 7.59 Å². The highest BCUT2D eigenvalue weighted by Crippen LogP contribution is 2.41. The molecule has 0 saturated carbocycles. The van der Waals surface area contributed by atoms with Gasteiger partial charge in [-0.15, -0.1) is 23.2 Å². The first kappa shape index (κ1) is 24.9. The first-order valence-electron chi connectivity index (χ1n) is 7.54. The predicted octanol–water partition coefficient (Wildman–Crippen LogP) is 7.13. The molecule has 28 heavy (non-hydrogen) atoms. The van der Waals surface area contributed by atoms with Crippen LogP contribution in [-0.4, -0.2) is 39.8 Å². The van der Waals surface area contributed by atoms with Gasteiger partial charge in [0.25, 0.3) is 0 Å². The fourth-order valence-corrected chi connectivity index (χ4v) is 3.43. The largest absolute Gasteiger partial charge is 0.368 e. The SMILES string of the molecule is ClCCN(CCCl)c1ccc(-c2nc(C(Cl)(Cl)Cl)nc(C(Cl)(Cl)Cl)n2)cc1Cl. The van der Waals surface area contributed by atoms with Crippen molar-refractivity contribution in [3.63, 3.8) is 0 Å². The molecule has 0 spiro atoms. The minimum absolute atomic E-state index is 0.132. The van der Waals surface area contributed by atoms with Crippen LogP contribution in [0.1, 0.15) is 11.6 Å². The molecule has 4 nitrogen and oxygen atoms in total. The van der Waals surface area contributed by atoms with E-state index in [2.05, 4.69) is 15.0 Å². The number of benzene rings is 1. The zero-order chi connectivity index (χ0) is 21.1. The molecule has 0 N–H and O–H groups in total. The quantitative estimate of drug-likeness (QED) is 0.349. The molecule has 2 rings (SSSR count). The van der Waals surface area contributed by atoms with Crippen molar-refractivity contribution in [2.75, 3.05) is 29.7 Å². The van der Waals surface area contributed by atoms with Gasteiger partial charge in [0.2, 0.25) is 7.59 Å². The number of alkyl halides is 8. The summed E-state index contributed by atoms with van der Waals surface area (Å²) in [6, 6.07) is 5.16. The highest BCUT2D eigenvalue weighted by Gasteiger charge is 2.34. The lowest BCUT2D eigenvalue weighted by molar-refractivity contribution is 0.850. The van der Waals surface area contributed by atoms with Gasteiger partial charge in [0.05, 0.1) is 10.7 Å². The molecular weight excluding hydrogens is 555 g/mol. The van der Waals surface area contributed by atoms with Crippen LogP contribution in [0.4, 0.5) is 5.69 Å². The van der Waals surface area contributed by atoms with Crippen LogP contribution in [0.15, 0.2) is 18.2 Å². The average molecular weight is 566 g/mol. The van der Waals surface area contributed by atoms with E-state index in [1.807, 2.05) is 4.90 Å². The van der Waals surface area contributed by atoms with E-state index in [9.17, 15) is 0 Å². The maximum absolute atomic E-state index is 6.45. The first-order valence-corrected chi connectivity index (χ1v) is 11.3. The van der Waals surface area contributed by atoms with Gasteiger partial charge in [0, 0.05) is 30.4 Å². The van der Waals surface area contributed by atoms with Crippen molar-refractivity contribution in [2.24, 2.45) is 0 Å². The lowest BCUT2D eigenvalue weighted by Crippen LogP contribution is -2.27. The van der Waals surface area contributed by atoms with Gasteiger partial charge in [-0.25, -0.2) is 15.0 Å². The van der Waals surface area contributed by atoms with Gasteiger partial charge in [-0.1, -0.05) is 81.2 Å². The van der Waals surface area contributed by atoms with Gasteiger partial charge in [-0.2, -0.15) is 0 Å². The molecule has 0 unspecified atom stereocenters. The maximum atomic E-state index is 6.45. The summed E-state index contributed by atoms with van der Waals surface area (Å²) in [5, 5.41) is 0.430. The minimum atomic E-state index is -1.94. The summed E-state index contributed by atoms with van der Waals surface area (Å²) in [5.41, 5.74) is 1.27. The van der Waals surface area contributed by atoms with Crippen molar-refractivity contribution in [1.29, 1.82) is 0 Å². The predicted molar refractivity (Wildman–Crippen MR) is 122 cm³/mol. The minimum Gasteiger partial charge on any atom is -0.368 e. The molecule has 1 aromatic carbocycles. The standard InChI is InChI=1S/C15H11Cl9N4/c16-3-5-28(6-4-17)10-2-1-8(7-9(10)18)11-25-12(14(19,20)21)27-13(26-11)15(22,23)24/h1-2,7H,3-6H2. The molecule has 0 aliphatic carbocycles. The molecule has 1 aromatic heterocycles. The Hall–Kier alpha value is 0.640. The molecule has 0 fully saturated rings. The Bertz CT molecular complexity index is 782. The molecule has 154 valence electrons. The summed E-state index contributed by atoms with van der Waals surface area (Å²) < 4.78 is -3.88. The molecule has 0 atom stereocenters. The molecule has 2 aromatic rings. The molecule has 0 radical (unpaired) electrons. The maximum Gasteiger partial charge on any atom is 0.250 e. The topological polar surface area (TPSA) is 41.9 Å². The van der Waals surface area contributed by atoms with E-state index in [4.69, 9.17) is 104 Å². The number of anilines is 1. The number of hydrogen-bond donors (Lipinski definition) is 0. The van der Waals surface area contributed by atoms with E-state index in [0.717, 1.165) is 5.69 Å². The second kappa shape index (κ2) is 10.3. The lowest BCUT2D eigenvalue weighted by Gasteiger charge is -2.24. The van der Waals surface area contributed by atoms with Crippen molar-refractivity contribution >= 4 is 110 Å². The molecule has 0 aliphatic rings. The van der Waals surface area contributed by atoms with E-state index in [-0.39, 0.29) is 17.5 Å². The Kier molecular flexibility index (Phi) is 9.16. The number of halogens is 9. The summed E-state index contributed by atoms with van der Waals surface area (Å²) in [6.07, 6.45) is 0. The zero-order valence-electron chi connectivity index (χ0n) is 13.8. The fraction of sp³-hybridized carbons (Fsp3) is 0.400. The molecule has 13 heteroatoms. The smallest absolute Gasteiger partial charge is 0.250 e. The van der Waals surface area contributed by atoms with Gasteiger partial charge in [0.1, 0.15) is 0 Å². The van der Waals surface area contributed by atoms with Crippen molar-refractivity contribution in [1.82, 2.24) is 15.0 Å². The fourth-order valence-electron chi connectivity index (χ4n) is 2.22. The highest BCUT2D eigenvalue weighted by molar-refractivity contribution is 6.67. The number of rotatable bonds is 6. The van der Waals surface area contributed by atoms with Crippen molar-refractivity contribution < 1.29 is 0 Å². The molecule has 0 saturated heterocycles. The summed E-state index contributed by atoms with van der Waals surface area (Å²) >= 11 is 53.5. The van der Waals surface area contributed by atoms with Crippen molar-refractivity contribution in [3.05, 3.63) is 34.9 Å². The normalized spacial score (nSPS) is 12.3. The van der Waals surface area contributed by atoms with Gasteiger partial charge < -0.3 is 4.90 Å².